The quantitative estimate of drug-likeness (QED) is 0.827. The van der Waals surface area contributed by atoms with Crippen molar-refractivity contribution in [1.82, 2.24) is 14.5 Å². The van der Waals surface area contributed by atoms with E-state index in [1.807, 2.05) is 40.8 Å². The number of para-hydroxylation sites is 2. The molecular weight excluding hydrogens is 238 g/mol. The standard InChI is InChI=1S/C15H21N3O/c1-12(2)10-17(3)15(19)8-9-18-11-16-13-6-4-5-7-14(13)18/h4-7,11-12H,8-10H2,1-3H3. The summed E-state index contributed by atoms with van der Waals surface area (Å²) in [5, 5.41) is 0. The van der Waals surface area contributed by atoms with Crippen molar-refractivity contribution in [2.75, 3.05) is 13.6 Å². The predicted octanol–water partition coefficient (Wildman–Crippen LogP) is 2.54. The number of rotatable bonds is 5. The number of imidazole rings is 1. The minimum atomic E-state index is 0.187. The first-order valence-corrected chi connectivity index (χ1v) is 6.71. The molecule has 0 N–H and O–H groups in total. The van der Waals surface area contributed by atoms with Crippen LogP contribution in [0.1, 0.15) is 20.3 Å². The number of nitrogens with zero attached hydrogens (tertiary/aromatic N) is 3. The second kappa shape index (κ2) is 5.87. The molecule has 0 saturated carbocycles. The van der Waals surface area contributed by atoms with Gasteiger partial charge in [0.2, 0.25) is 5.91 Å². The van der Waals surface area contributed by atoms with Crippen molar-refractivity contribution in [3.8, 4) is 0 Å². The number of aromatic nitrogens is 2. The van der Waals surface area contributed by atoms with Crippen molar-refractivity contribution in [2.45, 2.75) is 26.8 Å². The lowest BCUT2D eigenvalue weighted by Gasteiger charge is -2.19. The Balaban J connectivity index is 1.97. The van der Waals surface area contributed by atoms with Crippen molar-refractivity contribution in [3.05, 3.63) is 30.6 Å². The van der Waals surface area contributed by atoms with E-state index in [0.717, 1.165) is 17.6 Å². The average Bonchev–Trinajstić information content (AvgIpc) is 2.78. The van der Waals surface area contributed by atoms with Crippen LogP contribution >= 0.6 is 0 Å². The van der Waals surface area contributed by atoms with E-state index in [1.165, 1.54) is 0 Å². The number of carbonyl (C=O) groups is 1. The third kappa shape index (κ3) is 3.34. The molecule has 0 atom stereocenters. The molecule has 19 heavy (non-hydrogen) atoms. The van der Waals surface area contributed by atoms with E-state index in [-0.39, 0.29) is 5.91 Å². The van der Waals surface area contributed by atoms with Crippen LogP contribution in [0, 0.1) is 5.92 Å². The van der Waals surface area contributed by atoms with Crippen LogP contribution in [0.3, 0.4) is 0 Å². The van der Waals surface area contributed by atoms with Crippen LogP contribution < -0.4 is 0 Å². The van der Waals surface area contributed by atoms with E-state index in [0.29, 0.717) is 18.9 Å². The monoisotopic (exact) mass is 259 g/mol. The number of benzene rings is 1. The van der Waals surface area contributed by atoms with Crippen LogP contribution in [0.5, 0.6) is 0 Å². The lowest BCUT2D eigenvalue weighted by atomic mass is 10.2. The van der Waals surface area contributed by atoms with Crippen molar-refractivity contribution in [2.24, 2.45) is 5.92 Å². The van der Waals surface area contributed by atoms with E-state index < -0.39 is 0 Å². The Hall–Kier alpha value is -1.84. The molecule has 0 aliphatic carbocycles. The highest BCUT2D eigenvalue weighted by Crippen LogP contribution is 2.12. The molecule has 0 unspecified atom stereocenters. The van der Waals surface area contributed by atoms with Crippen LogP contribution in [0.15, 0.2) is 30.6 Å². The summed E-state index contributed by atoms with van der Waals surface area (Å²) < 4.78 is 2.04. The smallest absolute Gasteiger partial charge is 0.224 e. The first-order chi connectivity index (χ1) is 9.08. The fourth-order valence-corrected chi connectivity index (χ4v) is 2.24. The second-order valence-corrected chi connectivity index (χ2v) is 5.34. The summed E-state index contributed by atoms with van der Waals surface area (Å²) in [5.41, 5.74) is 2.06. The van der Waals surface area contributed by atoms with E-state index in [2.05, 4.69) is 18.8 Å². The van der Waals surface area contributed by atoms with E-state index >= 15 is 0 Å². The highest BCUT2D eigenvalue weighted by Gasteiger charge is 2.11. The molecule has 1 aromatic carbocycles. The summed E-state index contributed by atoms with van der Waals surface area (Å²) in [6, 6.07) is 7.98. The summed E-state index contributed by atoms with van der Waals surface area (Å²) in [6.45, 7) is 5.73. The van der Waals surface area contributed by atoms with Crippen molar-refractivity contribution >= 4 is 16.9 Å². The summed E-state index contributed by atoms with van der Waals surface area (Å²) in [4.78, 5) is 18.1. The largest absolute Gasteiger partial charge is 0.345 e. The molecule has 1 amide bonds. The molecule has 1 aromatic heterocycles. The molecule has 2 rings (SSSR count). The lowest BCUT2D eigenvalue weighted by Crippen LogP contribution is -2.30. The zero-order valence-electron chi connectivity index (χ0n) is 11.8. The number of hydrogen-bond donors (Lipinski definition) is 0. The maximum absolute atomic E-state index is 12.0. The Morgan fingerprint density at radius 1 is 1.37 bits per heavy atom. The molecule has 1 heterocycles. The van der Waals surface area contributed by atoms with E-state index in [1.54, 1.807) is 6.33 Å². The highest BCUT2D eigenvalue weighted by molar-refractivity contribution is 5.77. The molecule has 0 bridgehead atoms. The molecule has 4 nitrogen and oxygen atoms in total. The van der Waals surface area contributed by atoms with Gasteiger partial charge in [-0.2, -0.15) is 0 Å². The van der Waals surface area contributed by atoms with Gasteiger partial charge in [0.25, 0.3) is 0 Å². The summed E-state index contributed by atoms with van der Waals surface area (Å²) in [5.74, 6) is 0.689. The van der Waals surface area contributed by atoms with Gasteiger partial charge in [0.05, 0.1) is 17.4 Å². The zero-order chi connectivity index (χ0) is 13.8. The maximum atomic E-state index is 12.0. The van der Waals surface area contributed by atoms with Crippen molar-refractivity contribution < 1.29 is 4.79 Å². The minimum Gasteiger partial charge on any atom is -0.345 e. The third-order valence-electron chi connectivity index (χ3n) is 3.16. The maximum Gasteiger partial charge on any atom is 0.224 e. The van der Waals surface area contributed by atoms with Gasteiger partial charge in [0.15, 0.2) is 0 Å². The molecule has 0 spiro atoms. The number of amides is 1. The van der Waals surface area contributed by atoms with Gasteiger partial charge in [-0.3, -0.25) is 4.79 Å². The van der Waals surface area contributed by atoms with Crippen molar-refractivity contribution in [3.63, 3.8) is 0 Å². The molecule has 102 valence electrons. The number of fused-ring (bicyclic) bond motifs is 1. The van der Waals surface area contributed by atoms with Crippen LogP contribution in [0.4, 0.5) is 0 Å². The van der Waals surface area contributed by atoms with Crippen LogP contribution in [-0.4, -0.2) is 34.0 Å². The zero-order valence-corrected chi connectivity index (χ0v) is 11.8. The third-order valence-corrected chi connectivity index (χ3v) is 3.16. The minimum absolute atomic E-state index is 0.187. The Kier molecular flexibility index (Phi) is 4.20. The number of hydrogen-bond acceptors (Lipinski definition) is 2. The average molecular weight is 259 g/mol. The van der Waals surface area contributed by atoms with Gasteiger partial charge in [0, 0.05) is 26.6 Å². The normalized spacial score (nSPS) is 11.2. The molecule has 0 aliphatic rings. The second-order valence-electron chi connectivity index (χ2n) is 5.34. The van der Waals surface area contributed by atoms with Crippen LogP contribution in [-0.2, 0) is 11.3 Å². The Bertz CT molecular complexity index is 559. The fraction of sp³-hybridized carbons (Fsp3) is 0.467. The first kappa shape index (κ1) is 13.6. The van der Waals surface area contributed by atoms with Gasteiger partial charge in [0.1, 0.15) is 0 Å². The predicted molar refractivity (Wildman–Crippen MR) is 76.8 cm³/mol. The fourth-order valence-electron chi connectivity index (χ4n) is 2.24. The van der Waals surface area contributed by atoms with Gasteiger partial charge in [-0.15, -0.1) is 0 Å². The Labute approximate surface area is 114 Å². The van der Waals surface area contributed by atoms with Gasteiger partial charge in [-0.1, -0.05) is 26.0 Å². The molecule has 2 aromatic rings. The molecule has 4 heteroatoms. The first-order valence-electron chi connectivity index (χ1n) is 6.71. The van der Waals surface area contributed by atoms with E-state index in [9.17, 15) is 4.79 Å². The van der Waals surface area contributed by atoms with Gasteiger partial charge in [-0.25, -0.2) is 4.98 Å². The molecule has 0 aliphatic heterocycles. The molecular formula is C15H21N3O. The SMILES string of the molecule is CC(C)CN(C)C(=O)CCn1cnc2ccccc21. The summed E-state index contributed by atoms with van der Waals surface area (Å²) >= 11 is 0. The van der Waals surface area contributed by atoms with Gasteiger partial charge in [-0.05, 0) is 18.1 Å². The van der Waals surface area contributed by atoms with Crippen LogP contribution in [0.25, 0.3) is 11.0 Å². The highest BCUT2D eigenvalue weighted by atomic mass is 16.2. The van der Waals surface area contributed by atoms with Crippen molar-refractivity contribution in [1.29, 1.82) is 0 Å². The van der Waals surface area contributed by atoms with Gasteiger partial charge >= 0.3 is 0 Å². The molecule has 0 fully saturated rings. The summed E-state index contributed by atoms with van der Waals surface area (Å²) in [6.07, 6.45) is 2.32. The van der Waals surface area contributed by atoms with Crippen LogP contribution in [0.2, 0.25) is 0 Å². The molecule has 0 saturated heterocycles. The molecule has 0 radical (unpaired) electrons. The topological polar surface area (TPSA) is 38.1 Å². The Morgan fingerprint density at radius 3 is 2.84 bits per heavy atom. The van der Waals surface area contributed by atoms with E-state index in [4.69, 9.17) is 0 Å². The number of aryl methyl sites for hydroxylation is 1. The number of carbonyl (C=O) groups excluding carboxylic acids is 1. The summed E-state index contributed by atoms with van der Waals surface area (Å²) in [7, 11) is 1.87. The van der Waals surface area contributed by atoms with Gasteiger partial charge < -0.3 is 9.47 Å². The Morgan fingerprint density at radius 2 is 2.11 bits per heavy atom. The lowest BCUT2D eigenvalue weighted by molar-refractivity contribution is -0.130.